The molecule has 0 saturated carbocycles. The summed E-state index contributed by atoms with van der Waals surface area (Å²) in [6.45, 7) is 4.96. The fraction of sp³-hybridized carbons (Fsp3) is 0.182. The highest BCUT2D eigenvalue weighted by Crippen LogP contribution is 2.32. The van der Waals surface area contributed by atoms with Crippen LogP contribution in [0, 0.1) is 25.2 Å². The van der Waals surface area contributed by atoms with Gasteiger partial charge in [0.05, 0.1) is 28.7 Å². The van der Waals surface area contributed by atoms with Gasteiger partial charge in [-0.15, -0.1) is 0 Å². The third kappa shape index (κ3) is 3.93. The van der Waals surface area contributed by atoms with E-state index in [2.05, 4.69) is 16.0 Å². The smallest absolute Gasteiger partial charge is 0.300 e. The first-order valence-corrected chi connectivity index (χ1v) is 8.95. The van der Waals surface area contributed by atoms with Crippen LogP contribution < -0.4 is 0 Å². The number of aliphatic hydroxyl groups excluding tert-OH is 1. The summed E-state index contributed by atoms with van der Waals surface area (Å²) in [6.07, 6.45) is -1.07. The van der Waals surface area contributed by atoms with E-state index < -0.39 is 12.2 Å². The topological polar surface area (TPSA) is 112 Å². The molecule has 1 aliphatic heterocycles. The van der Waals surface area contributed by atoms with Crippen LogP contribution >= 0.6 is 0 Å². The number of carbonyl (C=O) groups is 1. The van der Waals surface area contributed by atoms with Crippen LogP contribution in [-0.2, 0) is 4.79 Å². The van der Waals surface area contributed by atoms with Crippen LogP contribution in [0.5, 0.6) is 0 Å². The predicted molar refractivity (Wildman–Crippen MR) is 108 cm³/mol. The second kappa shape index (κ2) is 8.09. The summed E-state index contributed by atoms with van der Waals surface area (Å²) >= 11 is 0. The van der Waals surface area contributed by atoms with Crippen molar-refractivity contribution in [3.05, 3.63) is 82.4 Å². The van der Waals surface area contributed by atoms with Gasteiger partial charge in [0.25, 0.3) is 5.97 Å². The van der Waals surface area contributed by atoms with Crippen molar-refractivity contribution in [1.29, 1.82) is 5.26 Å². The quantitative estimate of drug-likeness (QED) is 0.664. The average molecular weight is 388 g/mol. The van der Waals surface area contributed by atoms with Gasteiger partial charge in [0.15, 0.2) is 5.82 Å². The summed E-state index contributed by atoms with van der Waals surface area (Å²) in [7, 11) is 0. The van der Waals surface area contributed by atoms with E-state index in [1.165, 1.54) is 0 Å². The number of hydrogen-bond acceptors (Lipinski definition) is 5. The largest absolute Gasteiger partial charge is 0.481 e. The Bertz CT molecular complexity index is 1140. The van der Waals surface area contributed by atoms with Crippen LogP contribution in [0.15, 0.2) is 53.5 Å². The Hall–Kier alpha value is -3.76. The molecule has 0 amide bonds. The van der Waals surface area contributed by atoms with Gasteiger partial charge >= 0.3 is 0 Å². The number of fused-ring (bicyclic) bond motifs is 3. The number of hydrogen-bond donors (Lipinski definition) is 2. The summed E-state index contributed by atoms with van der Waals surface area (Å²) in [6, 6.07) is 17.3. The zero-order chi connectivity index (χ0) is 21.1. The number of aliphatic imine (C=N–C) groups is 1. The molecule has 2 heterocycles. The maximum Gasteiger partial charge on any atom is 0.300 e. The molecule has 1 unspecified atom stereocenters. The first-order valence-electron chi connectivity index (χ1n) is 8.95. The van der Waals surface area contributed by atoms with E-state index in [4.69, 9.17) is 9.90 Å². The third-order valence-electron chi connectivity index (χ3n) is 4.52. The van der Waals surface area contributed by atoms with E-state index >= 15 is 0 Å². The number of aliphatic hydroxyl groups is 1. The monoisotopic (exact) mass is 388 g/mol. The molecule has 0 saturated heterocycles. The maximum atomic E-state index is 10.7. The molecule has 1 atom stereocenters. The molecular weight excluding hydrogens is 368 g/mol. The number of benzene rings is 2. The van der Waals surface area contributed by atoms with E-state index in [0.29, 0.717) is 17.1 Å². The highest BCUT2D eigenvalue weighted by molar-refractivity contribution is 6.15. The SMILES string of the molecule is CC(=O)O.Cc1nc2n(c1C)-c1ccc(C#N)cc1C(c1ccccc1)=NC2O. The number of rotatable bonds is 1. The Morgan fingerprint density at radius 1 is 1.17 bits per heavy atom. The Morgan fingerprint density at radius 2 is 1.83 bits per heavy atom. The van der Waals surface area contributed by atoms with Crippen LogP contribution in [0.1, 0.15) is 47.1 Å². The second-order valence-corrected chi connectivity index (χ2v) is 6.56. The summed E-state index contributed by atoms with van der Waals surface area (Å²) in [5, 5.41) is 27.4. The molecule has 0 radical (unpaired) electrons. The third-order valence-corrected chi connectivity index (χ3v) is 4.52. The molecule has 7 nitrogen and oxygen atoms in total. The summed E-state index contributed by atoms with van der Waals surface area (Å²) < 4.78 is 1.93. The number of aromatic nitrogens is 2. The van der Waals surface area contributed by atoms with Crippen LogP contribution in [0.3, 0.4) is 0 Å². The lowest BCUT2D eigenvalue weighted by Gasteiger charge is -2.13. The van der Waals surface area contributed by atoms with Gasteiger partial charge in [-0.1, -0.05) is 30.3 Å². The fourth-order valence-electron chi connectivity index (χ4n) is 3.18. The normalized spacial score (nSPS) is 14.3. The molecule has 7 heteroatoms. The number of nitriles is 1. The second-order valence-electron chi connectivity index (χ2n) is 6.56. The Kier molecular flexibility index (Phi) is 5.57. The molecule has 1 aliphatic rings. The number of carboxylic acids is 1. The highest BCUT2D eigenvalue weighted by atomic mass is 16.4. The van der Waals surface area contributed by atoms with E-state index in [-0.39, 0.29) is 0 Å². The van der Waals surface area contributed by atoms with Crippen molar-refractivity contribution in [2.24, 2.45) is 4.99 Å². The molecule has 0 aliphatic carbocycles. The zero-order valence-electron chi connectivity index (χ0n) is 16.3. The van der Waals surface area contributed by atoms with Crippen molar-refractivity contribution in [3.8, 4) is 11.8 Å². The molecule has 1 aromatic heterocycles. The van der Waals surface area contributed by atoms with Crippen LogP contribution in [0.25, 0.3) is 5.69 Å². The number of carboxylic acid groups (broad SMARTS) is 1. The molecule has 0 fully saturated rings. The van der Waals surface area contributed by atoms with E-state index in [1.54, 1.807) is 6.07 Å². The summed E-state index contributed by atoms with van der Waals surface area (Å²) in [5.41, 5.74) is 5.57. The number of imidazole rings is 1. The van der Waals surface area contributed by atoms with Crippen LogP contribution in [-0.4, -0.2) is 31.4 Å². The Balaban J connectivity index is 0.000000552. The van der Waals surface area contributed by atoms with Crippen molar-refractivity contribution in [3.63, 3.8) is 0 Å². The molecule has 4 rings (SSSR count). The molecule has 2 N–H and O–H groups in total. The van der Waals surface area contributed by atoms with Gasteiger partial charge < -0.3 is 10.2 Å². The minimum Gasteiger partial charge on any atom is -0.481 e. The zero-order valence-corrected chi connectivity index (χ0v) is 16.3. The van der Waals surface area contributed by atoms with Crippen molar-refractivity contribution < 1.29 is 15.0 Å². The van der Waals surface area contributed by atoms with Crippen LogP contribution in [0.4, 0.5) is 0 Å². The molecule has 146 valence electrons. The van der Waals surface area contributed by atoms with Gasteiger partial charge in [-0.2, -0.15) is 5.26 Å². The van der Waals surface area contributed by atoms with Gasteiger partial charge in [-0.05, 0) is 32.0 Å². The van der Waals surface area contributed by atoms with Crippen molar-refractivity contribution >= 4 is 11.7 Å². The van der Waals surface area contributed by atoms with Crippen LogP contribution in [0.2, 0.25) is 0 Å². The number of nitrogens with zero attached hydrogens (tertiary/aromatic N) is 4. The summed E-state index contributed by atoms with van der Waals surface area (Å²) in [5.74, 6) is -0.341. The van der Waals surface area contributed by atoms with Gasteiger partial charge in [0.2, 0.25) is 6.23 Å². The first kappa shape index (κ1) is 20.0. The molecule has 2 aromatic carbocycles. The minimum absolute atomic E-state index is 0.492. The van der Waals surface area contributed by atoms with Gasteiger partial charge in [-0.3, -0.25) is 9.36 Å². The Labute approximate surface area is 168 Å². The lowest BCUT2D eigenvalue weighted by molar-refractivity contribution is -0.134. The number of aliphatic carboxylic acids is 1. The lowest BCUT2D eigenvalue weighted by Crippen LogP contribution is -2.08. The highest BCUT2D eigenvalue weighted by Gasteiger charge is 2.27. The molecule has 0 bridgehead atoms. The van der Waals surface area contributed by atoms with E-state index in [9.17, 15) is 10.4 Å². The molecular formula is C22H20N4O3. The number of aryl methyl sites for hydroxylation is 1. The molecule has 29 heavy (non-hydrogen) atoms. The minimum atomic E-state index is -1.07. The molecule has 0 spiro atoms. The fourth-order valence-corrected chi connectivity index (χ4v) is 3.18. The maximum absolute atomic E-state index is 10.7. The van der Waals surface area contributed by atoms with E-state index in [0.717, 1.165) is 35.1 Å². The van der Waals surface area contributed by atoms with Crippen molar-refractivity contribution in [2.75, 3.05) is 0 Å². The van der Waals surface area contributed by atoms with Gasteiger partial charge in [-0.25, -0.2) is 9.98 Å². The van der Waals surface area contributed by atoms with Gasteiger partial charge in [0.1, 0.15) is 0 Å². The lowest BCUT2D eigenvalue weighted by atomic mass is 9.98. The molecule has 3 aromatic rings. The van der Waals surface area contributed by atoms with Gasteiger partial charge in [0, 0.05) is 23.7 Å². The van der Waals surface area contributed by atoms with Crippen molar-refractivity contribution in [2.45, 2.75) is 27.0 Å². The standard InChI is InChI=1S/C20H16N4O.C2H4O2/c1-12-13(2)24-17-9-8-14(11-21)10-16(17)18(15-6-4-3-5-7-15)23-20(25)19(24)22-12;1-2(3)4/h3-10,20,25H,1-2H3;1H3,(H,3,4). The van der Waals surface area contributed by atoms with E-state index in [1.807, 2.05) is 60.9 Å². The Morgan fingerprint density at radius 3 is 2.45 bits per heavy atom. The predicted octanol–water partition coefficient (Wildman–Crippen LogP) is 3.29. The average Bonchev–Trinajstić information content (AvgIpc) is 2.93. The summed E-state index contributed by atoms with van der Waals surface area (Å²) in [4.78, 5) is 18.0. The van der Waals surface area contributed by atoms with Crippen molar-refractivity contribution in [1.82, 2.24) is 9.55 Å². The first-order chi connectivity index (χ1) is 13.8.